The number of carbonyl (C=O) groups excluding carboxylic acids is 1. The van der Waals surface area contributed by atoms with Crippen molar-refractivity contribution in [1.82, 2.24) is 5.16 Å². The minimum atomic E-state index is -0.126. The number of allylic oxidation sites excluding steroid dienone is 1. The Morgan fingerprint density at radius 3 is 3.00 bits per heavy atom. The Balaban J connectivity index is 2.60. The molecule has 1 heterocycles. The van der Waals surface area contributed by atoms with Crippen molar-refractivity contribution in [1.29, 1.82) is 0 Å². The maximum Gasteiger partial charge on any atom is 0.252 e. The van der Waals surface area contributed by atoms with E-state index in [4.69, 9.17) is 0 Å². The summed E-state index contributed by atoms with van der Waals surface area (Å²) in [6.07, 6.45) is 3.91. The minimum absolute atomic E-state index is 0.126. The van der Waals surface area contributed by atoms with Crippen molar-refractivity contribution in [3.8, 4) is 0 Å². The van der Waals surface area contributed by atoms with Crippen molar-refractivity contribution in [2.75, 3.05) is 5.32 Å². The molecule has 0 bridgehead atoms. The Kier molecular flexibility index (Phi) is 3.25. The first-order chi connectivity index (χ1) is 6.27. The number of rotatable bonds is 3. The van der Waals surface area contributed by atoms with Crippen LogP contribution in [0.15, 0.2) is 28.5 Å². The van der Waals surface area contributed by atoms with Gasteiger partial charge >= 0.3 is 0 Å². The number of carbonyl (C=O) groups is 1. The number of nitrogens with one attached hydrogen (secondary N) is 1. The molecule has 0 radical (unpaired) electrons. The lowest BCUT2D eigenvalue weighted by Crippen LogP contribution is -2.13. The van der Waals surface area contributed by atoms with E-state index < -0.39 is 0 Å². The second kappa shape index (κ2) is 4.45. The molecule has 0 aliphatic rings. The number of amides is 1. The molecule has 70 valence electrons. The van der Waals surface area contributed by atoms with E-state index in [9.17, 15) is 4.79 Å². The minimum Gasteiger partial charge on any atom is -0.363 e. The van der Waals surface area contributed by atoms with Crippen LogP contribution in [0.4, 0.5) is 5.82 Å². The van der Waals surface area contributed by atoms with Gasteiger partial charge in [-0.3, -0.25) is 4.79 Å². The molecule has 0 saturated carbocycles. The van der Waals surface area contributed by atoms with Gasteiger partial charge < -0.3 is 9.84 Å². The third kappa shape index (κ3) is 2.43. The second-order valence-corrected chi connectivity index (χ2v) is 2.51. The molecule has 4 nitrogen and oxygen atoms in total. The fourth-order valence-electron chi connectivity index (χ4n) is 0.969. The molecule has 1 aromatic rings. The van der Waals surface area contributed by atoms with Gasteiger partial charge in [-0.15, -0.1) is 0 Å². The number of anilines is 1. The fourth-order valence-corrected chi connectivity index (χ4v) is 0.969. The average Bonchev–Trinajstić information content (AvgIpc) is 2.59. The summed E-state index contributed by atoms with van der Waals surface area (Å²) in [5, 5.41) is 6.18. The molecule has 4 heteroatoms. The first-order valence-corrected chi connectivity index (χ1v) is 4.14. The maximum absolute atomic E-state index is 11.4. The van der Waals surface area contributed by atoms with Crippen LogP contribution in [0, 0.1) is 0 Å². The number of hydrogen-bond acceptors (Lipinski definition) is 3. The molecule has 0 saturated heterocycles. The molecular formula is C9H12N2O2. The molecule has 0 unspecified atom stereocenters. The van der Waals surface area contributed by atoms with E-state index in [-0.39, 0.29) is 5.91 Å². The van der Waals surface area contributed by atoms with Crippen LogP contribution in [-0.4, -0.2) is 11.1 Å². The highest BCUT2D eigenvalue weighted by atomic mass is 16.5. The first-order valence-electron chi connectivity index (χ1n) is 4.14. The van der Waals surface area contributed by atoms with E-state index in [1.807, 2.05) is 13.8 Å². The number of nitrogens with zero attached hydrogens (tertiary/aromatic N) is 1. The van der Waals surface area contributed by atoms with Crippen LogP contribution in [0.5, 0.6) is 0 Å². The lowest BCUT2D eigenvalue weighted by Gasteiger charge is -2.02. The van der Waals surface area contributed by atoms with Gasteiger partial charge in [-0.05, 0) is 13.3 Å². The molecule has 1 N–H and O–H groups in total. The van der Waals surface area contributed by atoms with Crippen LogP contribution >= 0.6 is 0 Å². The van der Waals surface area contributed by atoms with Gasteiger partial charge in [-0.1, -0.05) is 18.2 Å². The summed E-state index contributed by atoms with van der Waals surface area (Å²) in [5.41, 5.74) is 0.739. The lowest BCUT2D eigenvalue weighted by atomic mass is 10.2. The van der Waals surface area contributed by atoms with Gasteiger partial charge in [0.1, 0.15) is 6.26 Å². The van der Waals surface area contributed by atoms with Gasteiger partial charge in [-0.25, -0.2) is 0 Å². The highest BCUT2D eigenvalue weighted by Gasteiger charge is 2.07. The van der Waals surface area contributed by atoms with Crippen molar-refractivity contribution in [3.63, 3.8) is 0 Å². The third-order valence-corrected chi connectivity index (χ3v) is 1.70. The molecule has 0 aliphatic carbocycles. The molecule has 0 atom stereocenters. The first kappa shape index (κ1) is 9.51. The Hall–Kier alpha value is -1.58. The Morgan fingerprint density at radius 1 is 1.77 bits per heavy atom. The number of aromatic nitrogens is 1. The van der Waals surface area contributed by atoms with E-state index >= 15 is 0 Å². The average molecular weight is 180 g/mol. The summed E-state index contributed by atoms with van der Waals surface area (Å²) >= 11 is 0. The molecule has 1 rings (SSSR count). The van der Waals surface area contributed by atoms with Crippen molar-refractivity contribution in [3.05, 3.63) is 24.0 Å². The van der Waals surface area contributed by atoms with Crippen molar-refractivity contribution in [2.45, 2.75) is 20.3 Å². The van der Waals surface area contributed by atoms with E-state index in [0.29, 0.717) is 12.2 Å². The SMILES string of the molecule is C/C=C(/CC)C(=O)Nc1ccon1. The zero-order valence-corrected chi connectivity index (χ0v) is 7.70. The maximum atomic E-state index is 11.4. The lowest BCUT2D eigenvalue weighted by molar-refractivity contribution is -0.113. The zero-order chi connectivity index (χ0) is 9.68. The van der Waals surface area contributed by atoms with Crippen molar-refractivity contribution in [2.24, 2.45) is 0 Å². The summed E-state index contributed by atoms with van der Waals surface area (Å²) in [4.78, 5) is 11.4. The van der Waals surface area contributed by atoms with E-state index in [1.54, 1.807) is 12.1 Å². The molecular weight excluding hydrogens is 168 g/mol. The van der Waals surface area contributed by atoms with Crippen LogP contribution in [0.3, 0.4) is 0 Å². The predicted molar refractivity (Wildman–Crippen MR) is 49.2 cm³/mol. The van der Waals surface area contributed by atoms with Crippen LogP contribution < -0.4 is 5.32 Å². The van der Waals surface area contributed by atoms with E-state index in [2.05, 4.69) is 15.0 Å². The van der Waals surface area contributed by atoms with E-state index in [0.717, 1.165) is 5.57 Å². The monoisotopic (exact) mass is 180 g/mol. The summed E-state index contributed by atoms with van der Waals surface area (Å²) in [5.74, 6) is 0.316. The highest BCUT2D eigenvalue weighted by molar-refractivity contribution is 6.02. The van der Waals surface area contributed by atoms with Gasteiger partial charge in [0.15, 0.2) is 5.82 Å². The van der Waals surface area contributed by atoms with Gasteiger partial charge in [0, 0.05) is 11.6 Å². The van der Waals surface area contributed by atoms with Crippen molar-refractivity contribution < 1.29 is 9.32 Å². The Morgan fingerprint density at radius 2 is 2.54 bits per heavy atom. The molecule has 1 amide bonds. The largest absolute Gasteiger partial charge is 0.363 e. The number of hydrogen-bond donors (Lipinski definition) is 1. The molecule has 0 aliphatic heterocycles. The molecule has 0 fully saturated rings. The topological polar surface area (TPSA) is 55.1 Å². The van der Waals surface area contributed by atoms with Crippen LogP contribution in [0.2, 0.25) is 0 Å². The zero-order valence-electron chi connectivity index (χ0n) is 7.70. The smallest absolute Gasteiger partial charge is 0.252 e. The van der Waals surface area contributed by atoms with E-state index in [1.165, 1.54) is 6.26 Å². The quantitative estimate of drug-likeness (QED) is 0.723. The molecule has 0 aromatic carbocycles. The van der Waals surface area contributed by atoms with Crippen molar-refractivity contribution >= 4 is 11.7 Å². The normalized spacial score (nSPS) is 11.4. The summed E-state index contributed by atoms with van der Waals surface area (Å²) in [6.45, 7) is 3.76. The highest BCUT2D eigenvalue weighted by Crippen LogP contribution is 2.06. The molecule has 0 spiro atoms. The summed E-state index contributed by atoms with van der Waals surface area (Å²) in [6, 6.07) is 1.60. The summed E-state index contributed by atoms with van der Waals surface area (Å²) < 4.78 is 4.58. The fraction of sp³-hybridized carbons (Fsp3) is 0.333. The third-order valence-electron chi connectivity index (χ3n) is 1.70. The van der Waals surface area contributed by atoms with Gasteiger partial charge in [0.25, 0.3) is 5.91 Å². The Bertz CT molecular complexity index is 301. The van der Waals surface area contributed by atoms with Gasteiger partial charge in [-0.2, -0.15) is 0 Å². The van der Waals surface area contributed by atoms with Gasteiger partial charge in [0.2, 0.25) is 0 Å². The second-order valence-electron chi connectivity index (χ2n) is 2.51. The standard InChI is InChI=1S/C9H12N2O2/c1-3-7(4-2)9(12)10-8-5-6-13-11-8/h3,5-6H,4H2,1-2H3,(H,10,11,12)/b7-3-. The van der Waals surface area contributed by atoms with Gasteiger partial charge in [0.05, 0.1) is 0 Å². The summed E-state index contributed by atoms with van der Waals surface area (Å²) in [7, 11) is 0. The van der Waals surface area contributed by atoms with Crippen LogP contribution in [-0.2, 0) is 4.79 Å². The molecule has 13 heavy (non-hydrogen) atoms. The van der Waals surface area contributed by atoms with Crippen LogP contribution in [0.1, 0.15) is 20.3 Å². The Labute approximate surface area is 76.6 Å². The predicted octanol–water partition coefficient (Wildman–Crippen LogP) is 1.97. The molecule has 1 aromatic heterocycles. The van der Waals surface area contributed by atoms with Crippen LogP contribution in [0.25, 0.3) is 0 Å².